The van der Waals surface area contributed by atoms with Crippen molar-refractivity contribution in [3.05, 3.63) is 41.7 Å². The van der Waals surface area contributed by atoms with E-state index >= 15 is 0 Å². The molecule has 0 radical (unpaired) electrons. The van der Waals surface area contributed by atoms with E-state index in [0.29, 0.717) is 17.7 Å². The Morgan fingerprint density at radius 1 is 0.950 bits per heavy atom. The van der Waals surface area contributed by atoms with Gasteiger partial charge in [0.2, 0.25) is 17.2 Å². The molecule has 0 aliphatic rings. The number of aromatic nitrogens is 3. The lowest BCUT2D eigenvalue weighted by molar-refractivity contribution is -0.434. The number of nitrogen functional groups attached to an aromatic ring is 1. The Hall–Kier alpha value is -2.58. The predicted octanol–water partition coefficient (Wildman–Crippen LogP) is 3.04. The molecule has 3 aromatic rings. The number of nitrogens with two attached hydrogens (primary N) is 1. The number of hydrogen-bond donors (Lipinski definition) is 6. The van der Waals surface area contributed by atoms with Gasteiger partial charge in [-0.1, -0.05) is 10.1 Å². The molecule has 0 unspecified atom stereocenters. The molecule has 40 heavy (non-hydrogen) atoms. The highest BCUT2D eigenvalue weighted by Gasteiger charge is 2.20. The summed E-state index contributed by atoms with van der Waals surface area (Å²) in [4.78, 5) is 11.3. The quantitative estimate of drug-likeness (QED) is 0.0341. The summed E-state index contributed by atoms with van der Waals surface area (Å²) < 4.78 is 70.4. The number of nitrogens with zero attached hydrogens (tertiary/aromatic N) is 3. The van der Waals surface area contributed by atoms with Crippen LogP contribution in [0.25, 0.3) is 0 Å². The highest BCUT2D eigenvalue weighted by molar-refractivity contribution is 7.94. The summed E-state index contributed by atoms with van der Waals surface area (Å²) in [5.74, 6) is -0.604. The summed E-state index contributed by atoms with van der Waals surface area (Å²) in [6, 6.07) is 7.58. The summed E-state index contributed by atoms with van der Waals surface area (Å²) in [6.07, 6.45) is 0. The Morgan fingerprint density at radius 2 is 1.60 bits per heavy atom. The third-order valence-electron chi connectivity index (χ3n) is 4.41. The van der Waals surface area contributed by atoms with Gasteiger partial charge in [0.15, 0.2) is 22.2 Å². The van der Waals surface area contributed by atoms with E-state index in [4.69, 9.17) is 32.0 Å². The third-order valence-corrected chi connectivity index (χ3v) is 8.21. The first kappa shape index (κ1) is 31.9. The summed E-state index contributed by atoms with van der Waals surface area (Å²) in [7, 11) is -8.41. The van der Waals surface area contributed by atoms with E-state index in [0.717, 1.165) is 12.1 Å². The number of sulfone groups is 1. The summed E-state index contributed by atoms with van der Waals surface area (Å²) in [6.45, 7) is -0.251. The van der Waals surface area contributed by atoms with Crippen LogP contribution in [0, 0.1) is 0 Å². The summed E-state index contributed by atoms with van der Waals surface area (Å²) in [5.41, 5.74) is 5.83. The minimum atomic E-state index is -4.70. The number of rotatable bonds is 15. The average Bonchev–Trinajstić information content (AvgIpc) is 2.87. The second-order valence-electron chi connectivity index (χ2n) is 6.96. The van der Waals surface area contributed by atoms with Crippen LogP contribution in [0.3, 0.4) is 0 Å². The van der Waals surface area contributed by atoms with Gasteiger partial charge in [0, 0.05) is 5.69 Å². The van der Waals surface area contributed by atoms with Crippen molar-refractivity contribution in [3.63, 3.8) is 0 Å². The van der Waals surface area contributed by atoms with Gasteiger partial charge in [0.25, 0.3) is 10.1 Å². The van der Waals surface area contributed by atoms with Gasteiger partial charge >= 0.3 is 0 Å². The highest BCUT2D eigenvalue weighted by atomic mass is 35.5. The number of hydrogen-bond acceptors (Lipinski definition) is 19. The highest BCUT2D eigenvalue weighted by Crippen LogP contribution is 2.35. The molecular weight excluding hydrogens is 644 g/mol. The van der Waals surface area contributed by atoms with Crippen LogP contribution in [-0.4, -0.2) is 59.2 Å². The minimum absolute atomic E-state index is 0.00736. The topological polar surface area (TPSA) is 264 Å². The van der Waals surface area contributed by atoms with Gasteiger partial charge in [0.05, 0.1) is 45.6 Å². The Labute approximate surface area is 239 Å². The molecule has 0 aliphatic heterocycles. The summed E-state index contributed by atoms with van der Waals surface area (Å²) in [5, 5.41) is 28.6. The molecule has 0 atom stereocenters. The van der Waals surface area contributed by atoms with Crippen LogP contribution in [0.2, 0.25) is 5.28 Å². The van der Waals surface area contributed by atoms with E-state index in [1.54, 1.807) is 0 Å². The molecular formula is C17H17ClN6O12S4. The summed E-state index contributed by atoms with van der Waals surface area (Å²) >= 11 is 6.62. The van der Waals surface area contributed by atoms with Gasteiger partial charge < -0.3 is 16.4 Å². The van der Waals surface area contributed by atoms with Crippen molar-refractivity contribution in [2.45, 2.75) is 14.7 Å². The van der Waals surface area contributed by atoms with Crippen molar-refractivity contribution < 1.29 is 54.8 Å². The van der Waals surface area contributed by atoms with Gasteiger partial charge in [-0.25, -0.2) is 18.9 Å². The Morgan fingerprint density at radius 3 is 2.23 bits per heavy atom. The van der Waals surface area contributed by atoms with Gasteiger partial charge in [-0.15, -0.1) is 8.67 Å². The molecule has 0 saturated heterocycles. The molecule has 2 aromatic carbocycles. The molecule has 0 spiro atoms. The zero-order valence-electron chi connectivity index (χ0n) is 19.3. The van der Waals surface area contributed by atoms with Gasteiger partial charge in [0.1, 0.15) is 4.90 Å². The van der Waals surface area contributed by atoms with Gasteiger partial charge in [-0.3, -0.25) is 8.74 Å². The smallest absolute Gasteiger partial charge is 0.296 e. The van der Waals surface area contributed by atoms with Crippen molar-refractivity contribution in [3.8, 4) is 0 Å². The van der Waals surface area contributed by atoms with Crippen LogP contribution in [0.15, 0.2) is 51.1 Å². The van der Waals surface area contributed by atoms with Crippen LogP contribution in [0.1, 0.15) is 0 Å². The second-order valence-corrected chi connectivity index (χ2v) is 12.1. The second kappa shape index (κ2) is 14.4. The molecule has 0 saturated carbocycles. The van der Waals surface area contributed by atoms with Crippen molar-refractivity contribution in [2.24, 2.45) is 0 Å². The number of anilines is 5. The fourth-order valence-electron chi connectivity index (χ4n) is 2.80. The first-order valence-electron chi connectivity index (χ1n) is 10.0. The molecule has 218 valence electrons. The van der Waals surface area contributed by atoms with Crippen LogP contribution >= 0.6 is 36.0 Å². The Kier molecular flexibility index (Phi) is 11.5. The molecule has 23 heteroatoms. The van der Waals surface area contributed by atoms with E-state index in [9.17, 15) is 21.4 Å². The monoisotopic (exact) mass is 660 g/mol. The fourth-order valence-corrected chi connectivity index (χ4v) is 5.54. The molecule has 0 amide bonds. The standard InChI is InChI=1S/C17H17ClN6O12S4/c18-15-22-16(20-9-1-3-10(4-2-9)39(27,28)6-5-32-38-36-34-26)24-17(23-15)21-12-7-11(19)14(40(29,30)31)8-13(12)37-35-33-25/h1-4,7-8,25-26H,5-6,19H2,(H,29,30,31)(H2,20,21,22,23,24). The predicted molar refractivity (Wildman–Crippen MR) is 140 cm³/mol. The van der Waals surface area contributed by atoms with E-state index in [1.807, 2.05) is 0 Å². The van der Waals surface area contributed by atoms with Crippen LogP contribution < -0.4 is 16.4 Å². The van der Waals surface area contributed by atoms with Crippen molar-refractivity contribution >= 4 is 84.9 Å². The first-order chi connectivity index (χ1) is 18.9. The minimum Gasteiger partial charge on any atom is -0.398 e. The van der Waals surface area contributed by atoms with Crippen molar-refractivity contribution in [1.82, 2.24) is 15.0 Å². The number of halogens is 1. The third kappa shape index (κ3) is 9.23. The maximum Gasteiger partial charge on any atom is 0.296 e. The molecule has 0 fully saturated rings. The number of nitrogens with one attached hydrogen (secondary N) is 2. The Balaban J connectivity index is 1.78. The molecule has 0 bridgehead atoms. The maximum absolute atomic E-state index is 12.4. The molecule has 1 heterocycles. The van der Waals surface area contributed by atoms with E-state index in [-0.39, 0.29) is 63.0 Å². The van der Waals surface area contributed by atoms with E-state index < -0.39 is 24.9 Å². The van der Waals surface area contributed by atoms with Gasteiger partial charge in [-0.2, -0.15) is 23.4 Å². The normalized spacial score (nSPS) is 11.9. The van der Waals surface area contributed by atoms with Crippen molar-refractivity contribution in [2.75, 3.05) is 28.7 Å². The zero-order chi connectivity index (χ0) is 29.3. The number of benzene rings is 2. The van der Waals surface area contributed by atoms with Crippen LogP contribution in [0.4, 0.5) is 29.0 Å². The molecule has 0 aliphatic carbocycles. The van der Waals surface area contributed by atoms with Crippen LogP contribution in [0.5, 0.6) is 0 Å². The fraction of sp³-hybridized carbons (Fsp3) is 0.118. The van der Waals surface area contributed by atoms with E-state index in [1.165, 1.54) is 24.3 Å². The maximum atomic E-state index is 12.4. The molecule has 3 rings (SSSR count). The average molecular weight is 661 g/mol. The SMILES string of the molecule is Nc1cc(Nc2nc(Cl)nc(Nc3ccc(S(=O)(=O)CCOSOOO)cc3)n2)c(SOOO)cc1S(=O)(=O)O. The largest absolute Gasteiger partial charge is 0.398 e. The molecule has 18 nitrogen and oxygen atoms in total. The van der Waals surface area contributed by atoms with Crippen molar-refractivity contribution in [1.29, 1.82) is 0 Å². The lowest BCUT2D eigenvalue weighted by Crippen LogP contribution is -2.11. The van der Waals surface area contributed by atoms with Crippen LogP contribution in [-0.2, 0) is 42.9 Å². The Bertz CT molecular complexity index is 1530. The molecule has 1 aromatic heterocycles. The van der Waals surface area contributed by atoms with E-state index in [2.05, 4.69) is 44.3 Å². The van der Waals surface area contributed by atoms with Gasteiger partial charge in [-0.05, 0) is 48.0 Å². The molecule has 7 N–H and O–H groups in total. The first-order valence-corrected chi connectivity index (χ1v) is 14.9. The lowest BCUT2D eigenvalue weighted by atomic mass is 10.3. The zero-order valence-corrected chi connectivity index (χ0v) is 23.3. The lowest BCUT2D eigenvalue weighted by Gasteiger charge is -2.13.